The Kier molecular flexibility index (Phi) is 13.8. The van der Waals surface area contributed by atoms with Crippen LogP contribution in [0.3, 0.4) is 0 Å². The summed E-state index contributed by atoms with van der Waals surface area (Å²) in [5, 5.41) is 9.57. The van der Waals surface area contributed by atoms with E-state index in [4.69, 9.17) is 9.72 Å². The molecule has 0 spiro atoms. The van der Waals surface area contributed by atoms with Crippen LogP contribution < -0.4 is 27.2 Å². The number of anilines is 2. The molecule has 4 heterocycles. The van der Waals surface area contributed by atoms with Crippen molar-refractivity contribution in [2.45, 2.75) is 85.2 Å². The number of ether oxygens (including phenoxy) is 1. The molecule has 0 saturated heterocycles. The molecule has 0 N–H and O–H groups in total. The standard InChI is InChI=1S/C84H74GeN4O/c1-82(2,3)57-45-46-86-79(52-57)89-76-42-24-23-39-72(76)73-44-43-66(54-77(73)89)90-65-34-25-33-64(53-65)87-55-88-80-67(40-26-41-74(80)70-37-21-19-35-68(70)69-36-20-22-38-71(69)75-50-59(84(7,8)9)51-78(87)81(75)88)56-47-58(83(4,5)6)49-63(48-56)85(60-27-13-10-14-28-60,61-29-15-11-16-30-61)62-31-17-12-18-32-62/h10-54H,55H2,1-9H3. The van der Waals surface area contributed by atoms with Gasteiger partial charge in [0.1, 0.15) is 11.6 Å². The van der Waals surface area contributed by atoms with Crippen LogP contribution >= 0.6 is 0 Å². The van der Waals surface area contributed by atoms with Crippen molar-refractivity contribution in [3.63, 3.8) is 0 Å². The van der Waals surface area contributed by atoms with Crippen LogP contribution in [0.15, 0.2) is 273 Å². The molecular weight excluding hydrogens is 1150 g/mol. The van der Waals surface area contributed by atoms with E-state index in [-0.39, 0.29) is 16.2 Å². The van der Waals surface area contributed by atoms with E-state index in [2.05, 4.69) is 343 Å². The Morgan fingerprint density at radius 3 is 1.51 bits per heavy atom. The SMILES string of the molecule is CC(C)(C)c1cc(-c2cccc3c4ccccc4c4ccccc4c4cc(C(C)(C)C)cc5c4n(c23)CN5c2cccc(Oc3ccc4c5ccccc5n(-c5cc(C(C)(C)C)ccn5)c4c3)c2)c[c]([Ge]([c]2ccccc2)([c]2ccccc2)[c]2ccccc2)c1. The number of fused-ring (bicyclic) bond motifs is 10. The average molecular weight is 1230 g/mol. The Morgan fingerprint density at radius 2 is 0.889 bits per heavy atom. The van der Waals surface area contributed by atoms with Gasteiger partial charge in [-0.25, -0.2) is 4.98 Å². The second-order valence-corrected chi connectivity index (χ2v) is 35.6. The second-order valence-electron chi connectivity index (χ2n) is 27.6. The first-order valence-electron chi connectivity index (χ1n) is 31.7. The van der Waals surface area contributed by atoms with Crippen LogP contribution in [-0.4, -0.2) is 27.4 Å². The zero-order valence-electron chi connectivity index (χ0n) is 52.9. The number of para-hydroxylation sites is 2. The molecule has 0 radical (unpaired) electrons. The van der Waals surface area contributed by atoms with E-state index in [1.165, 1.54) is 94.1 Å². The van der Waals surface area contributed by atoms with E-state index < -0.39 is 13.3 Å². The molecule has 0 atom stereocenters. The minimum absolute atomic E-state index is 0.0402. The van der Waals surface area contributed by atoms with E-state index in [1.807, 2.05) is 6.20 Å². The third kappa shape index (κ3) is 9.64. The molecule has 1 aliphatic heterocycles. The van der Waals surface area contributed by atoms with Gasteiger partial charge in [-0.05, 0) is 41.3 Å². The summed E-state index contributed by atoms with van der Waals surface area (Å²) in [4.78, 5) is 7.51. The van der Waals surface area contributed by atoms with E-state index >= 15 is 0 Å². The molecule has 0 unspecified atom stereocenters. The van der Waals surface area contributed by atoms with Gasteiger partial charge in [0.25, 0.3) is 0 Å². The molecule has 3 aromatic heterocycles. The van der Waals surface area contributed by atoms with Gasteiger partial charge in [0.2, 0.25) is 0 Å². The van der Waals surface area contributed by atoms with Gasteiger partial charge in [0.05, 0.1) is 11.0 Å². The molecule has 90 heavy (non-hydrogen) atoms. The third-order valence-corrected chi connectivity index (χ3v) is 28.8. The second kappa shape index (κ2) is 21.8. The summed E-state index contributed by atoms with van der Waals surface area (Å²) >= 11 is -3.83. The molecule has 15 rings (SSSR count). The summed E-state index contributed by atoms with van der Waals surface area (Å²) in [7, 11) is 0. The molecule has 0 saturated carbocycles. The van der Waals surface area contributed by atoms with E-state index in [0.717, 1.165) is 45.1 Å². The summed E-state index contributed by atoms with van der Waals surface area (Å²) in [5.41, 5.74) is 12.5. The Labute approximate surface area is 531 Å². The van der Waals surface area contributed by atoms with Crippen molar-refractivity contribution >= 4 is 107 Å². The van der Waals surface area contributed by atoms with Crippen molar-refractivity contribution in [2.75, 3.05) is 4.90 Å². The van der Waals surface area contributed by atoms with E-state index in [1.54, 1.807) is 0 Å². The number of hydrogen-bond donors (Lipinski definition) is 0. The molecule has 0 amide bonds. The fourth-order valence-corrected chi connectivity index (χ4v) is 24.4. The molecule has 6 heteroatoms. The summed E-state index contributed by atoms with van der Waals surface area (Å²) in [6.07, 6.45) is 1.94. The van der Waals surface area contributed by atoms with E-state index in [9.17, 15) is 0 Å². The number of nitrogens with zero attached hydrogens (tertiary/aromatic N) is 4. The van der Waals surface area contributed by atoms with Crippen molar-refractivity contribution in [1.82, 2.24) is 14.1 Å². The normalized spacial score (nSPS) is 12.9. The minimum atomic E-state index is -3.83. The van der Waals surface area contributed by atoms with Crippen molar-refractivity contribution in [3.05, 3.63) is 290 Å². The topological polar surface area (TPSA) is 35.2 Å². The molecule has 5 nitrogen and oxygen atoms in total. The van der Waals surface area contributed by atoms with Gasteiger partial charge >= 0.3 is 399 Å². The van der Waals surface area contributed by atoms with Gasteiger partial charge < -0.3 is 0 Å². The fourth-order valence-electron chi connectivity index (χ4n) is 14.2. The number of rotatable bonds is 9. The molecule has 1 aliphatic rings. The molecule has 14 aromatic rings. The van der Waals surface area contributed by atoms with Crippen LogP contribution in [-0.2, 0) is 22.9 Å². The predicted octanol–water partition coefficient (Wildman–Crippen LogP) is 19.6. The van der Waals surface area contributed by atoms with Crippen LogP contribution in [0.25, 0.3) is 82.1 Å². The van der Waals surface area contributed by atoms with Crippen LogP contribution in [0.2, 0.25) is 0 Å². The fraction of sp³-hybridized carbons (Fsp3) is 0.155. The zero-order valence-corrected chi connectivity index (χ0v) is 55.0. The maximum absolute atomic E-state index is 7.09. The predicted molar refractivity (Wildman–Crippen MR) is 384 cm³/mol. The monoisotopic (exact) mass is 1230 g/mol. The van der Waals surface area contributed by atoms with Gasteiger partial charge in [0, 0.05) is 23.0 Å². The van der Waals surface area contributed by atoms with Crippen LogP contribution in [0.5, 0.6) is 11.5 Å². The van der Waals surface area contributed by atoms with Gasteiger partial charge in [0.15, 0.2) is 0 Å². The zero-order chi connectivity index (χ0) is 61.7. The molecule has 440 valence electrons. The van der Waals surface area contributed by atoms with Crippen molar-refractivity contribution in [2.24, 2.45) is 0 Å². The number of aromatic nitrogens is 3. The van der Waals surface area contributed by atoms with Crippen LogP contribution in [0.4, 0.5) is 11.4 Å². The number of hydrogen-bond acceptors (Lipinski definition) is 3. The molecule has 0 fully saturated rings. The number of pyridine rings is 1. The Bertz CT molecular complexity index is 5100. The molecule has 0 aliphatic carbocycles. The summed E-state index contributed by atoms with van der Waals surface area (Å²) in [6, 6.07) is 100. The Balaban J connectivity index is 0.985. The third-order valence-electron chi connectivity index (χ3n) is 18.8. The Morgan fingerprint density at radius 1 is 0.367 bits per heavy atom. The maximum atomic E-state index is 7.09. The van der Waals surface area contributed by atoms with Crippen molar-refractivity contribution < 1.29 is 4.74 Å². The molecular formula is C84H74GeN4O. The van der Waals surface area contributed by atoms with Crippen molar-refractivity contribution in [3.8, 4) is 28.4 Å². The van der Waals surface area contributed by atoms with Gasteiger partial charge in [-0.2, -0.15) is 0 Å². The summed E-state index contributed by atoms with van der Waals surface area (Å²) < 4.78 is 17.6. The van der Waals surface area contributed by atoms with Crippen LogP contribution in [0, 0.1) is 0 Å². The van der Waals surface area contributed by atoms with Gasteiger partial charge in [-0.3, -0.25) is 4.57 Å². The number of benzene rings is 11. The van der Waals surface area contributed by atoms with Crippen LogP contribution in [0.1, 0.15) is 79.0 Å². The first-order valence-corrected chi connectivity index (χ1v) is 35.9. The quantitative estimate of drug-likeness (QED) is 0.135. The van der Waals surface area contributed by atoms with Gasteiger partial charge in [-0.15, -0.1) is 0 Å². The van der Waals surface area contributed by atoms with Gasteiger partial charge in [-0.1, -0.05) is 39.0 Å². The van der Waals surface area contributed by atoms with E-state index in [0.29, 0.717) is 6.67 Å². The molecule has 11 aromatic carbocycles. The van der Waals surface area contributed by atoms with Crippen molar-refractivity contribution in [1.29, 1.82) is 0 Å². The first-order chi connectivity index (χ1) is 43.5. The summed E-state index contributed by atoms with van der Waals surface area (Å²) in [6.45, 7) is 21.5. The summed E-state index contributed by atoms with van der Waals surface area (Å²) in [5.74, 6) is 2.40. The average Bonchev–Trinajstić information content (AvgIpc) is 1.37. The first kappa shape index (κ1) is 56.8. The molecule has 0 bridgehead atoms. The Hall–Kier alpha value is -9.69.